The van der Waals surface area contributed by atoms with Crippen molar-refractivity contribution in [3.8, 4) is 5.75 Å². The Morgan fingerprint density at radius 2 is 1.67 bits per heavy atom. The molecule has 0 saturated carbocycles. The molecule has 0 N–H and O–H groups in total. The lowest BCUT2D eigenvalue weighted by atomic mass is 10.1. The summed E-state index contributed by atoms with van der Waals surface area (Å²) in [5.41, 5.74) is 4.55. The number of piperazine rings is 1. The van der Waals surface area contributed by atoms with Gasteiger partial charge in [0.25, 0.3) is 0 Å². The number of nitrogens with zero attached hydrogens (tertiary/aromatic N) is 2. The monoisotopic (exact) mass is 388 g/mol. The molecule has 2 aromatic rings. The van der Waals surface area contributed by atoms with Gasteiger partial charge in [0.15, 0.2) is 0 Å². The minimum Gasteiger partial charge on any atom is -0.494 e. The van der Waals surface area contributed by atoms with Gasteiger partial charge in [0.1, 0.15) is 5.75 Å². The van der Waals surface area contributed by atoms with Gasteiger partial charge in [-0.1, -0.05) is 12.1 Å². The second kappa shape index (κ2) is 7.90. The first kappa shape index (κ1) is 19.7. The molecule has 0 spiro atoms. The molecule has 0 atom stereocenters. The summed E-state index contributed by atoms with van der Waals surface area (Å²) in [6, 6.07) is 11.4. The number of ether oxygens (including phenoxy) is 1. The van der Waals surface area contributed by atoms with Gasteiger partial charge in [-0.25, -0.2) is 8.42 Å². The zero-order valence-electron chi connectivity index (χ0n) is 16.5. The number of hydrogen-bond acceptors (Lipinski definition) is 4. The maximum atomic E-state index is 13.0. The second-order valence-corrected chi connectivity index (χ2v) is 8.91. The van der Waals surface area contributed by atoms with Gasteiger partial charge in [-0.3, -0.25) is 0 Å². The lowest BCUT2D eigenvalue weighted by molar-refractivity contribution is 0.337. The Labute approximate surface area is 162 Å². The lowest BCUT2D eigenvalue weighted by Crippen LogP contribution is -2.48. The van der Waals surface area contributed by atoms with E-state index in [9.17, 15) is 8.42 Å². The van der Waals surface area contributed by atoms with Crippen LogP contribution in [0.1, 0.15) is 23.6 Å². The standard InChI is InChI=1S/C21H28N2O3S/c1-5-26-21-10-9-19(15-17(21)3)27(24,25)23-13-11-22(12-14-23)20-8-6-7-16(2)18(20)4/h6-10,15H,5,11-14H2,1-4H3. The molecule has 146 valence electrons. The number of hydrogen-bond donors (Lipinski definition) is 0. The molecule has 27 heavy (non-hydrogen) atoms. The molecule has 1 heterocycles. The molecule has 3 rings (SSSR count). The van der Waals surface area contributed by atoms with Crippen LogP contribution in [0.5, 0.6) is 5.75 Å². The van der Waals surface area contributed by atoms with E-state index in [1.54, 1.807) is 22.5 Å². The Kier molecular flexibility index (Phi) is 5.77. The molecular formula is C21H28N2O3S. The van der Waals surface area contributed by atoms with Crippen molar-refractivity contribution in [3.05, 3.63) is 53.1 Å². The molecule has 1 fully saturated rings. The Morgan fingerprint density at radius 1 is 0.963 bits per heavy atom. The molecule has 1 aliphatic rings. The minimum atomic E-state index is -3.49. The summed E-state index contributed by atoms with van der Waals surface area (Å²) < 4.78 is 33.2. The molecule has 0 aliphatic carbocycles. The smallest absolute Gasteiger partial charge is 0.243 e. The van der Waals surface area contributed by atoms with Crippen LogP contribution in [0.25, 0.3) is 0 Å². The van der Waals surface area contributed by atoms with E-state index in [1.165, 1.54) is 16.8 Å². The second-order valence-electron chi connectivity index (χ2n) is 6.97. The number of rotatable bonds is 5. The van der Waals surface area contributed by atoms with E-state index in [-0.39, 0.29) is 0 Å². The highest BCUT2D eigenvalue weighted by Crippen LogP contribution is 2.27. The molecule has 0 aromatic heterocycles. The molecule has 0 unspecified atom stereocenters. The summed E-state index contributed by atoms with van der Waals surface area (Å²) in [5, 5.41) is 0. The third-order valence-electron chi connectivity index (χ3n) is 5.24. The number of benzene rings is 2. The van der Waals surface area contributed by atoms with Gasteiger partial charge >= 0.3 is 0 Å². The van der Waals surface area contributed by atoms with Crippen molar-refractivity contribution in [2.24, 2.45) is 0 Å². The summed E-state index contributed by atoms with van der Waals surface area (Å²) in [6.45, 7) is 10.9. The lowest BCUT2D eigenvalue weighted by Gasteiger charge is -2.36. The van der Waals surface area contributed by atoms with Crippen LogP contribution < -0.4 is 9.64 Å². The Hall–Kier alpha value is -2.05. The zero-order valence-corrected chi connectivity index (χ0v) is 17.3. The molecule has 0 bridgehead atoms. The molecule has 5 nitrogen and oxygen atoms in total. The maximum Gasteiger partial charge on any atom is 0.243 e. The van der Waals surface area contributed by atoms with Crippen LogP contribution >= 0.6 is 0 Å². The van der Waals surface area contributed by atoms with E-state index in [0.29, 0.717) is 37.7 Å². The van der Waals surface area contributed by atoms with Crippen molar-refractivity contribution >= 4 is 15.7 Å². The molecule has 2 aromatic carbocycles. The average Bonchev–Trinajstić information content (AvgIpc) is 2.66. The quantitative estimate of drug-likeness (QED) is 0.786. The maximum absolute atomic E-state index is 13.0. The fraction of sp³-hybridized carbons (Fsp3) is 0.429. The van der Waals surface area contributed by atoms with E-state index in [2.05, 4.69) is 36.9 Å². The van der Waals surface area contributed by atoms with Crippen LogP contribution in [0.4, 0.5) is 5.69 Å². The zero-order chi connectivity index (χ0) is 19.6. The first-order valence-corrected chi connectivity index (χ1v) is 10.8. The van der Waals surface area contributed by atoms with Crippen LogP contribution in [-0.2, 0) is 10.0 Å². The summed E-state index contributed by atoms with van der Waals surface area (Å²) in [7, 11) is -3.49. The van der Waals surface area contributed by atoms with Crippen molar-refractivity contribution < 1.29 is 13.2 Å². The van der Waals surface area contributed by atoms with Gasteiger partial charge in [-0.2, -0.15) is 4.31 Å². The first-order chi connectivity index (χ1) is 12.8. The Bertz CT molecular complexity index is 917. The minimum absolute atomic E-state index is 0.337. The summed E-state index contributed by atoms with van der Waals surface area (Å²) in [5.74, 6) is 0.733. The molecule has 1 saturated heterocycles. The van der Waals surface area contributed by atoms with Gasteiger partial charge in [-0.05, 0) is 68.7 Å². The Morgan fingerprint density at radius 3 is 2.30 bits per heavy atom. The predicted molar refractivity (Wildman–Crippen MR) is 109 cm³/mol. The third kappa shape index (κ3) is 3.96. The third-order valence-corrected chi connectivity index (χ3v) is 7.13. The van der Waals surface area contributed by atoms with Crippen LogP contribution in [-0.4, -0.2) is 45.5 Å². The van der Waals surface area contributed by atoms with Crippen molar-refractivity contribution in [1.82, 2.24) is 4.31 Å². The van der Waals surface area contributed by atoms with E-state index >= 15 is 0 Å². The topological polar surface area (TPSA) is 49.9 Å². The fourth-order valence-corrected chi connectivity index (χ4v) is 5.00. The molecule has 0 radical (unpaired) electrons. The Balaban J connectivity index is 1.75. The molecule has 1 aliphatic heterocycles. The van der Waals surface area contributed by atoms with Gasteiger partial charge in [0.05, 0.1) is 11.5 Å². The summed E-state index contributed by atoms with van der Waals surface area (Å²) >= 11 is 0. The van der Waals surface area contributed by atoms with Crippen LogP contribution in [0, 0.1) is 20.8 Å². The van der Waals surface area contributed by atoms with Crippen molar-refractivity contribution in [3.63, 3.8) is 0 Å². The fourth-order valence-electron chi connectivity index (χ4n) is 3.50. The summed E-state index contributed by atoms with van der Waals surface area (Å²) in [6.07, 6.45) is 0. The normalized spacial score (nSPS) is 15.8. The van der Waals surface area contributed by atoms with Crippen LogP contribution in [0.3, 0.4) is 0 Å². The number of sulfonamides is 1. The van der Waals surface area contributed by atoms with E-state index < -0.39 is 10.0 Å². The highest BCUT2D eigenvalue weighted by Gasteiger charge is 2.29. The van der Waals surface area contributed by atoms with Gasteiger partial charge in [-0.15, -0.1) is 0 Å². The van der Waals surface area contributed by atoms with Crippen molar-refractivity contribution in [2.45, 2.75) is 32.6 Å². The van der Waals surface area contributed by atoms with Crippen LogP contribution in [0.15, 0.2) is 41.3 Å². The van der Waals surface area contributed by atoms with E-state index in [0.717, 1.165) is 11.3 Å². The van der Waals surface area contributed by atoms with E-state index in [1.807, 2.05) is 13.8 Å². The van der Waals surface area contributed by atoms with Gasteiger partial charge in [0.2, 0.25) is 10.0 Å². The SMILES string of the molecule is CCOc1ccc(S(=O)(=O)N2CCN(c3cccc(C)c3C)CC2)cc1C. The summed E-state index contributed by atoms with van der Waals surface area (Å²) in [4.78, 5) is 2.61. The highest BCUT2D eigenvalue weighted by atomic mass is 32.2. The van der Waals surface area contributed by atoms with E-state index in [4.69, 9.17) is 4.74 Å². The van der Waals surface area contributed by atoms with Crippen LogP contribution in [0.2, 0.25) is 0 Å². The largest absolute Gasteiger partial charge is 0.494 e. The predicted octanol–water partition coefficient (Wildman–Crippen LogP) is 3.52. The first-order valence-electron chi connectivity index (χ1n) is 9.39. The van der Waals surface area contributed by atoms with Crippen molar-refractivity contribution in [1.29, 1.82) is 0 Å². The van der Waals surface area contributed by atoms with Gasteiger partial charge < -0.3 is 9.64 Å². The molecule has 0 amide bonds. The highest BCUT2D eigenvalue weighted by molar-refractivity contribution is 7.89. The van der Waals surface area contributed by atoms with Gasteiger partial charge in [0, 0.05) is 31.9 Å². The molecule has 6 heteroatoms. The number of anilines is 1. The number of aryl methyl sites for hydroxylation is 2. The molecular weight excluding hydrogens is 360 g/mol. The van der Waals surface area contributed by atoms with Crippen molar-refractivity contribution in [2.75, 3.05) is 37.7 Å². The average molecular weight is 389 g/mol.